The summed E-state index contributed by atoms with van der Waals surface area (Å²) in [6.45, 7) is 4.99. The topological polar surface area (TPSA) is 143 Å². The SMILES string of the molecule is CCCCN(CCCCN)C(=O)CN1C[C@H](c2cc(CO)c3c(c2)OCO3)[C@@H](C(=O)O)[C@@H]1CCn1ccnc1. The number of aryl methyl sites for hydroxylation is 1. The van der Waals surface area contributed by atoms with E-state index < -0.39 is 11.9 Å². The van der Waals surface area contributed by atoms with Gasteiger partial charge in [0.15, 0.2) is 11.5 Å². The maximum atomic E-state index is 13.6. The first-order chi connectivity index (χ1) is 19.0. The number of benzene rings is 1. The molecule has 1 amide bonds. The lowest BCUT2D eigenvalue weighted by Crippen LogP contribution is -2.45. The Morgan fingerprint density at radius 2 is 2.03 bits per heavy atom. The number of aliphatic carboxylic acids is 1. The Balaban J connectivity index is 1.61. The number of likely N-dealkylation sites (tertiary alicyclic amines) is 1. The Morgan fingerprint density at radius 1 is 1.21 bits per heavy atom. The van der Waals surface area contributed by atoms with Crippen molar-refractivity contribution < 1.29 is 29.3 Å². The molecular formula is C28H41N5O6. The van der Waals surface area contributed by atoms with Crippen LogP contribution in [-0.2, 0) is 22.7 Å². The van der Waals surface area contributed by atoms with Crippen LogP contribution in [0, 0.1) is 5.92 Å². The van der Waals surface area contributed by atoms with Crippen LogP contribution in [0.1, 0.15) is 56.1 Å². The van der Waals surface area contributed by atoms with E-state index in [9.17, 15) is 19.8 Å². The summed E-state index contributed by atoms with van der Waals surface area (Å²) in [4.78, 5) is 34.4. The average Bonchev–Trinajstić information content (AvgIpc) is 3.69. The lowest BCUT2D eigenvalue weighted by atomic mass is 9.83. The van der Waals surface area contributed by atoms with Gasteiger partial charge >= 0.3 is 5.97 Å². The van der Waals surface area contributed by atoms with Crippen molar-refractivity contribution in [1.82, 2.24) is 19.4 Å². The third kappa shape index (κ3) is 6.90. The normalized spacial score (nSPS) is 20.4. The molecule has 0 saturated carbocycles. The molecule has 1 aromatic heterocycles. The monoisotopic (exact) mass is 543 g/mol. The van der Waals surface area contributed by atoms with Gasteiger partial charge in [0.05, 0.1) is 25.4 Å². The van der Waals surface area contributed by atoms with E-state index in [1.54, 1.807) is 12.5 Å². The number of aliphatic hydroxyl groups excluding tert-OH is 1. The Morgan fingerprint density at radius 3 is 2.72 bits per heavy atom. The first kappa shape index (κ1) is 28.8. The lowest BCUT2D eigenvalue weighted by molar-refractivity contribution is -0.144. The quantitative estimate of drug-likeness (QED) is 0.288. The number of amides is 1. The van der Waals surface area contributed by atoms with Gasteiger partial charge in [-0.1, -0.05) is 13.3 Å². The van der Waals surface area contributed by atoms with Gasteiger partial charge in [0.2, 0.25) is 12.7 Å². The van der Waals surface area contributed by atoms with E-state index >= 15 is 0 Å². The van der Waals surface area contributed by atoms with Crippen LogP contribution in [-0.4, -0.2) is 87.0 Å². The first-order valence-corrected chi connectivity index (χ1v) is 13.9. The average molecular weight is 544 g/mol. The summed E-state index contributed by atoms with van der Waals surface area (Å²) in [7, 11) is 0. The summed E-state index contributed by atoms with van der Waals surface area (Å²) >= 11 is 0. The number of carboxylic acids is 1. The van der Waals surface area contributed by atoms with Gasteiger partial charge in [0, 0.05) is 56.1 Å². The number of carbonyl (C=O) groups excluding carboxylic acids is 1. The minimum atomic E-state index is -0.903. The molecule has 0 spiro atoms. The molecule has 39 heavy (non-hydrogen) atoms. The molecule has 2 aliphatic heterocycles. The van der Waals surface area contributed by atoms with E-state index in [0.29, 0.717) is 56.2 Å². The molecule has 3 atom stereocenters. The van der Waals surface area contributed by atoms with Crippen molar-refractivity contribution in [2.24, 2.45) is 11.7 Å². The number of unbranched alkanes of at least 4 members (excludes halogenated alkanes) is 2. The number of carbonyl (C=O) groups is 2. The molecule has 0 bridgehead atoms. The second-order valence-corrected chi connectivity index (χ2v) is 10.4. The number of rotatable bonds is 15. The minimum Gasteiger partial charge on any atom is -0.481 e. The van der Waals surface area contributed by atoms with Crippen molar-refractivity contribution in [2.45, 2.75) is 64.1 Å². The molecule has 1 aromatic carbocycles. The Kier molecular flexibility index (Phi) is 10.2. The lowest BCUT2D eigenvalue weighted by Gasteiger charge is -2.30. The number of hydrogen-bond donors (Lipinski definition) is 3. The maximum Gasteiger partial charge on any atom is 0.308 e. The largest absolute Gasteiger partial charge is 0.481 e. The van der Waals surface area contributed by atoms with Crippen LogP contribution in [0.4, 0.5) is 0 Å². The molecule has 4 N–H and O–H groups in total. The molecular weight excluding hydrogens is 502 g/mol. The highest BCUT2D eigenvalue weighted by Gasteiger charge is 2.47. The zero-order valence-corrected chi connectivity index (χ0v) is 22.7. The van der Waals surface area contributed by atoms with Gasteiger partial charge in [-0.2, -0.15) is 0 Å². The van der Waals surface area contributed by atoms with Gasteiger partial charge in [0.1, 0.15) is 0 Å². The summed E-state index contributed by atoms with van der Waals surface area (Å²) < 4.78 is 13.0. The van der Waals surface area contributed by atoms with Gasteiger partial charge in [0.25, 0.3) is 0 Å². The van der Waals surface area contributed by atoms with Crippen molar-refractivity contribution in [3.8, 4) is 11.5 Å². The highest BCUT2D eigenvalue weighted by atomic mass is 16.7. The van der Waals surface area contributed by atoms with Crippen LogP contribution in [0.25, 0.3) is 0 Å². The Bertz CT molecular complexity index is 1090. The molecule has 214 valence electrons. The zero-order chi connectivity index (χ0) is 27.8. The summed E-state index contributed by atoms with van der Waals surface area (Å²) in [5.41, 5.74) is 7.01. The molecule has 0 aliphatic carbocycles. The van der Waals surface area contributed by atoms with Crippen LogP contribution in [0.15, 0.2) is 30.9 Å². The van der Waals surface area contributed by atoms with Gasteiger partial charge in [-0.15, -0.1) is 0 Å². The van der Waals surface area contributed by atoms with E-state index in [4.69, 9.17) is 15.2 Å². The van der Waals surface area contributed by atoms with Crippen molar-refractivity contribution in [2.75, 3.05) is 39.5 Å². The summed E-state index contributed by atoms with van der Waals surface area (Å²) in [5.74, 6) is -1.01. The number of nitrogens with zero attached hydrogens (tertiary/aromatic N) is 4. The summed E-state index contributed by atoms with van der Waals surface area (Å²) in [6, 6.07) is 3.27. The molecule has 2 aliphatic rings. The van der Waals surface area contributed by atoms with Gasteiger partial charge in [-0.3, -0.25) is 14.5 Å². The van der Waals surface area contributed by atoms with Crippen LogP contribution in [0.3, 0.4) is 0 Å². The molecule has 1 fully saturated rings. The Hall–Kier alpha value is -3.15. The van der Waals surface area contributed by atoms with Gasteiger partial charge in [-0.05, 0) is 49.9 Å². The number of aliphatic hydroxyl groups is 1. The van der Waals surface area contributed by atoms with E-state index in [2.05, 4.69) is 11.9 Å². The summed E-state index contributed by atoms with van der Waals surface area (Å²) in [5, 5.41) is 20.4. The van der Waals surface area contributed by atoms with E-state index in [1.807, 2.05) is 32.7 Å². The van der Waals surface area contributed by atoms with Crippen LogP contribution in [0.2, 0.25) is 0 Å². The number of nitrogens with two attached hydrogens (primary N) is 1. The van der Waals surface area contributed by atoms with E-state index in [1.165, 1.54) is 0 Å². The predicted molar refractivity (Wildman–Crippen MR) is 144 cm³/mol. The Labute approximate surface area is 229 Å². The number of carboxylic acid groups (broad SMARTS) is 1. The third-order valence-corrected chi connectivity index (χ3v) is 7.80. The molecule has 2 aromatic rings. The van der Waals surface area contributed by atoms with Crippen molar-refractivity contribution in [1.29, 1.82) is 0 Å². The van der Waals surface area contributed by atoms with E-state index in [-0.39, 0.29) is 37.8 Å². The van der Waals surface area contributed by atoms with Crippen molar-refractivity contribution >= 4 is 11.9 Å². The van der Waals surface area contributed by atoms with Gasteiger partial charge < -0.3 is 34.9 Å². The number of imidazole rings is 1. The molecule has 1 saturated heterocycles. The van der Waals surface area contributed by atoms with Crippen molar-refractivity contribution in [3.63, 3.8) is 0 Å². The second kappa shape index (κ2) is 13.8. The van der Waals surface area contributed by atoms with Gasteiger partial charge in [-0.25, -0.2) is 4.98 Å². The molecule has 11 nitrogen and oxygen atoms in total. The molecule has 0 radical (unpaired) electrons. The standard InChI is InChI=1S/C28H41N5O6/c1-2-3-9-32(10-5-4-7-29)25(35)16-33-15-22(20-13-21(17-34)27-24(14-20)38-19-39-27)26(28(36)37)23(33)6-11-31-12-8-30-18-31/h8,12-14,18,22-23,26,34H,2-7,9-11,15-17,19,29H2,1H3,(H,36,37)/t22-,23+,26-/m1/s1. The first-order valence-electron chi connectivity index (χ1n) is 13.9. The van der Waals surface area contributed by atoms with Crippen LogP contribution >= 0.6 is 0 Å². The predicted octanol–water partition coefficient (Wildman–Crippen LogP) is 2.03. The molecule has 0 unspecified atom stereocenters. The smallest absolute Gasteiger partial charge is 0.308 e. The molecule has 3 heterocycles. The molecule has 11 heteroatoms. The number of aromatic nitrogens is 2. The fourth-order valence-corrected chi connectivity index (χ4v) is 5.76. The van der Waals surface area contributed by atoms with E-state index in [0.717, 1.165) is 31.2 Å². The number of hydrogen-bond acceptors (Lipinski definition) is 8. The summed E-state index contributed by atoms with van der Waals surface area (Å²) in [6.07, 6.45) is 9.42. The third-order valence-electron chi connectivity index (χ3n) is 7.80. The highest BCUT2D eigenvalue weighted by Crippen LogP contribution is 2.44. The van der Waals surface area contributed by atoms with Crippen LogP contribution in [0.5, 0.6) is 11.5 Å². The zero-order valence-electron chi connectivity index (χ0n) is 22.7. The fraction of sp³-hybridized carbons (Fsp3) is 0.607. The van der Waals surface area contributed by atoms with Crippen LogP contribution < -0.4 is 15.2 Å². The van der Waals surface area contributed by atoms with Crippen molar-refractivity contribution in [3.05, 3.63) is 42.0 Å². The minimum absolute atomic E-state index is 0.0135. The second-order valence-electron chi connectivity index (χ2n) is 10.4. The highest BCUT2D eigenvalue weighted by molar-refractivity contribution is 5.79. The number of fused-ring (bicyclic) bond motifs is 1. The number of ether oxygens (including phenoxy) is 2. The maximum absolute atomic E-state index is 13.6. The fourth-order valence-electron chi connectivity index (χ4n) is 5.76. The molecule has 4 rings (SSSR count).